The van der Waals surface area contributed by atoms with Crippen LogP contribution in [-0.2, 0) is 13.1 Å². The fraction of sp³-hybridized carbons (Fsp3) is 0.683. The molecule has 0 spiro atoms. The number of hydrogen-bond donors (Lipinski definition) is 0. The molecule has 92 heavy (non-hydrogen) atoms. The van der Waals surface area contributed by atoms with E-state index >= 15 is 14.0 Å². The summed E-state index contributed by atoms with van der Waals surface area (Å²) >= 11 is -0.510. The Labute approximate surface area is 583 Å². The molecule has 2 atom stereocenters. The van der Waals surface area contributed by atoms with Gasteiger partial charge < -0.3 is 0 Å². The molecule has 0 bridgehead atoms. The summed E-state index contributed by atoms with van der Waals surface area (Å²) in [6.07, 6.45) is 64.4. The molecule has 0 N–H and O–H groups in total. The van der Waals surface area contributed by atoms with E-state index in [1.54, 1.807) is 24.3 Å². The van der Waals surface area contributed by atoms with E-state index in [4.69, 9.17) is 0 Å². The molecule has 0 aliphatic rings. The zero-order valence-electron chi connectivity index (χ0n) is 59.0. The molecule has 4 nitrogen and oxygen atoms in total. The van der Waals surface area contributed by atoms with E-state index in [1.165, 1.54) is 274 Å². The van der Waals surface area contributed by atoms with E-state index in [1.807, 2.05) is 6.92 Å². The number of aryl methyl sites for hydroxylation is 4. The van der Waals surface area contributed by atoms with Gasteiger partial charge in [-0.1, -0.05) is 207 Å². The summed E-state index contributed by atoms with van der Waals surface area (Å²) in [5.74, 6) is 1.02. The molecule has 0 radical (unpaired) electrons. The average molecular weight is 1530 g/mol. The third-order valence-electron chi connectivity index (χ3n) is 19.8. The van der Waals surface area contributed by atoms with Crippen molar-refractivity contribution in [1.29, 1.82) is 0 Å². The molecule has 0 saturated heterocycles. The van der Waals surface area contributed by atoms with Crippen molar-refractivity contribution in [2.24, 2.45) is 11.8 Å². The molecule has 6 aromatic heterocycles. The fourth-order valence-electron chi connectivity index (χ4n) is 14.1. The van der Waals surface area contributed by atoms with Crippen LogP contribution in [0, 0.1) is 37.3 Å². The predicted octanol–water partition coefficient (Wildman–Crippen LogP) is 24.7. The Kier molecular flexibility index (Phi) is 40.8. The fourth-order valence-corrected chi connectivity index (χ4v) is 22.3. The first kappa shape index (κ1) is 78.8. The minimum absolute atomic E-state index is 0.0322. The van der Waals surface area contributed by atoms with E-state index in [2.05, 4.69) is 80.2 Å². The minimum Gasteiger partial charge on any atom is -0.0654 e. The zero-order valence-corrected chi connectivity index (χ0v) is 65.8. The van der Waals surface area contributed by atoms with Gasteiger partial charge in [-0.05, 0) is 0 Å². The Morgan fingerprint density at radius 3 is 1.00 bits per heavy atom. The third kappa shape index (κ3) is 29.1. The van der Waals surface area contributed by atoms with Crippen LogP contribution in [0.4, 0.5) is 8.78 Å². The van der Waals surface area contributed by atoms with Crippen molar-refractivity contribution in [2.75, 3.05) is 0 Å². The number of rotatable bonds is 55. The number of nitrogens with zero attached hydrogens (tertiary/aromatic N) is 2. The van der Waals surface area contributed by atoms with Crippen LogP contribution in [0.2, 0.25) is 0 Å². The number of fused-ring (bicyclic) bond motifs is 1. The monoisotopic (exact) mass is 1530 g/mol. The second kappa shape index (κ2) is 47.7. The Morgan fingerprint density at radius 2 is 0.652 bits per heavy atom. The molecule has 0 aromatic carbocycles. The molecular weight excluding hydrogens is 1400 g/mol. The van der Waals surface area contributed by atoms with Crippen molar-refractivity contribution in [3.8, 4) is 28.9 Å². The van der Waals surface area contributed by atoms with Crippen LogP contribution < -0.4 is 11.1 Å². The number of hydrogen-bond acceptors (Lipinski definition) is 2. The summed E-state index contributed by atoms with van der Waals surface area (Å²) in [6.45, 7) is 14.6. The topological polar surface area (TPSA) is 44.0 Å². The van der Waals surface area contributed by atoms with E-state index in [0.29, 0.717) is 27.5 Å². The second-order valence-electron chi connectivity index (χ2n) is 27.8. The quantitative estimate of drug-likeness (QED) is 0.0282. The van der Waals surface area contributed by atoms with Crippen LogP contribution in [0.25, 0.3) is 52.1 Å². The molecule has 2 unspecified atom stereocenters. The van der Waals surface area contributed by atoms with Crippen LogP contribution in [0.1, 0.15) is 341 Å². The van der Waals surface area contributed by atoms with Crippen LogP contribution >= 0.6 is 0 Å². The molecule has 0 aliphatic heterocycles. The summed E-state index contributed by atoms with van der Waals surface area (Å²) in [7, 11) is 0. The van der Waals surface area contributed by atoms with Crippen molar-refractivity contribution < 1.29 is 8.78 Å². The molecule has 10 heteroatoms. The van der Waals surface area contributed by atoms with E-state index in [9.17, 15) is 4.39 Å². The molecule has 514 valence electrons. The van der Waals surface area contributed by atoms with Crippen LogP contribution in [0.15, 0.2) is 58.1 Å². The first-order chi connectivity index (χ1) is 45.0. The van der Waals surface area contributed by atoms with Crippen molar-refractivity contribution in [2.45, 2.75) is 350 Å². The van der Waals surface area contributed by atoms with E-state index < -0.39 is 0 Å². The molecule has 6 rings (SSSR count). The van der Waals surface area contributed by atoms with Gasteiger partial charge >= 0.3 is 381 Å². The van der Waals surface area contributed by atoms with Crippen LogP contribution in [0.5, 0.6) is 0 Å². The van der Waals surface area contributed by atoms with Crippen LogP contribution in [-0.4, -0.2) is 67.1 Å². The Hall–Kier alpha value is -2.24. The molecule has 0 amide bonds. The van der Waals surface area contributed by atoms with Crippen molar-refractivity contribution in [3.05, 3.63) is 98.6 Å². The van der Waals surface area contributed by atoms with E-state index in [-0.39, 0.29) is 80.8 Å². The molecular formula is C82H126F2N2O2Se4. The summed E-state index contributed by atoms with van der Waals surface area (Å²) < 4.78 is 42.5. The van der Waals surface area contributed by atoms with Gasteiger partial charge in [0.15, 0.2) is 0 Å². The van der Waals surface area contributed by atoms with Gasteiger partial charge in [-0.15, -0.1) is 0 Å². The molecule has 0 fully saturated rings. The summed E-state index contributed by atoms with van der Waals surface area (Å²) in [5.41, 5.74) is 3.35. The predicted molar refractivity (Wildman–Crippen MR) is 403 cm³/mol. The molecule has 0 saturated carbocycles. The van der Waals surface area contributed by atoms with Gasteiger partial charge in [0.1, 0.15) is 0 Å². The Balaban J connectivity index is 1.26. The first-order valence-electron chi connectivity index (χ1n) is 38.3. The number of aromatic nitrogens is 2. The van der Waals surface area contributed by atoms with Gasteiger partial charge in [-0.2, -0.15) is 0 Å². The Bertz CT molecular complexity index is 3060. The normalized spacial score (nSPS) is 12.7. The minimum atomic E-state index is -0.271. The first-order valence-corrected chi connectivity index (χ1v) is 45.1. The van der Waals surface area contributed by atoms with Crippen molar-refractivity contribution in [3.63, 3.8) is 0 Å². The van der Waals surface area contributed by atoms with Crippen molar-refractivity contribution >= 4 is 81.2 Å². The van der Waals surface area contributed by atoms with E-state index in [0.717, 1.165) is 76.3 Å². The second-order valence-corrected chi connectivity index (χ2v) is 37.7. The number of unbranched alkanes of at least 4 members (excludes halogenated alkanes) is 34. The summed E-state index contributed by atoms with van der Waals surface area (Å²) in [4.78, 5) is 30.9. The van der Waals surface area contributed by atoms with Gasteiger partial charge in [0.2, 0.25) is 0 Å². The molecule has 6 heterocycles. The van der Waals surface area contributed by atoms with Gasteiger partial charge in [-0.3, -0.25) is 0 Å². The average Bonchev–Trinajstić information content (AvgIpc) is 0.941. The maximum absolute atomic E-state index is 15.8. The van der Waals surface area contributed by atoms with Crippen LogP contribution in [0.3, 0.4) is 0 Å². The van der Waals surface area contributed by atoms with Crippen molar-refractivity contribution in [1.82, 2.24) is 9.13 Å². The van der Waals surface area contributed by atoms with Gasteiger partial charge in [-0.25, -0.2) is 0 Å². The number of pyridine rings is 2. The smallest absolute Gasteiger partial charge is 0.0654 e. The molecule has 0 aliphatic carbocycles. The third-order valence-corrected chi connectivity index (χ3v) is 29.4. The standard InChI is InChI=1S/C82H126F2N2O2Se4/c1-7-11-15-19-23-27-29-33-37-41-49-67(47-39-35-31-25-21-17-13-9-3)51-43-45-59-85-74-63-70(76-55-58-79(91-76)80-64-72(84)78(92-80)57-56-77-71(83)61-66(6)90-77)82(88)86(73(74)62-69(81(85)87)75-54-53-65(5)89-75)60-46-44-52-68(48-40-36-32-26-22-18-14-10-4)50-42-38-34-30-28-24-20-16-12-8-2/h53-58,61-64,67-68H,7-52,59-60H2,1-6H3/b57-56+. The van der Waals surface area contributed by atoms with Gasteiger partial charge in [0.05, 0.1) is 0 Å². The Morgan fingerprint density at radius 1 is 0.337 bits per heavy atom. The SMILES string of the molecule is CCCCCCCCCCCCC(CCCCCCCCCC)CCCCn1c(=O)c(-c2ccc(C)[se]2)cc2c1cc(-c1ccc(-c3cc(F)c(/C=C/c4[se]c(C)cc4F)[se]3)[se]1)c(=O)n2CCCCC(CCCCCCCCCC)CCCCCCCCCCCC. The maximum atomic E-state index is 15.8. The van der Waals surface area contributed by atoms with Gasteiger partial charge in [0.25, 0.3) is 0 Å². The van der Waals surface area contributed by atoms with Gasteiger partial charge in [0, 0.05) is 0 Å². The zero-order chi connectivity index (χ0) is 65.4. The molecule has 6 aromatic rings. The number of halogens is 2. The summed E-state index contributed by atoms with van der Waals surface area (Å²) in [6, 6.07) is 16.1. The summed E-state index contributed by atoms with van der Waals surface area (Å²) in [5, 5.41) is 0.